The Morgan fingerprint density at radius 1 is 1.16 bits per heavy atom. The summed E-state index contributed by atoms with van der Waals surface area (Å²) in [6.07, 6.45) is 10.00. The maximum atomic E-state index is 5.43. The quantitative estimate of drug-likeness (QED) is 0.885. The summed E-state index contributed by atoms with van der Waals surface area (Å²) < 4.78 is 5.43. The van der Waals surface area contributed by atoms with Gasteiger partial charge in [-0.2, -0.15) is 0 Å². The molecule has 0 aromatic heterocycles. The van der Waals surface area contributed by atoms with Crippen LogP contribution in [0.15, 0.2) is 24.3 Å². The fourth-order valence-electron chi connectivity index (χ4n) is 3.95. The van der Waals surface area contributed by atoms with Crippen LogP contribution in [-0.4, -0.2) is 13.2 Å². The van der Waals surface area contributed by atoms with E-state index >= 15 is 0 Å². The summed E-state index contributed by atoms with van der Waals surface area (Å²) in [6.45, 7) is 0.941. The number of hydrogen-bond donors (Lipinski definition) is 1. The summed E-state index contributed by atoms with van der Waals surface area (Å²) in [7, 11) is 1.75. The highest BCUT2D eigenvalue weighted by molar-refractivity contribution is 5.33. The van der Waals surface area contributed by atoms with Gasteiger partial charge < -0.3 is 10.1 Å². The summed E-state index contributed by atoms with van der Waals surface area (Å²) in [5.74, 6) is 1.01. The molecule has 0 amide bonds. The Hall–Kier alpha value is -1.02. The average molecular weight is 259 g/mol. The molecule has 0 aliphatic heterocycles. The molecule has 1 aromatic carbocycles. The normalized spacial score (nSPS) is 25.0. The van der Waals surface area contributed by atoms with Crippen LogP contribution in [0.1, 0.15) is 50.5 Å². The second kappa shape index (κ2) is 5.54. The zero-order valence-corrected chi connectivity index (χ0v) is 12.0. The van der Waals surface area contributed by atoms with Gasteiger partial charge in [-0.15, -0.1) is 0 Å². The third-order valence-electron chi connectivity index (χ3n) is 5.25. The van der Waals surface area contributed by atoms with E-state index in [9.17, 15) is 0 Å². The Labute approximate surface area is 116 Å². The molecule has 1 atom stereocenters. The first-order valence-electron chi connectivity index (χ1n) is 7.69. The Bertz CT molecular complexity index is 423. The highest BCUT2D eigenvalue weighted by Crippen LogP contribution is 2.51. The third kappa shape index (κ3) is 2.51. The monoisotopic (exact) mass is 259 g/mol. The lowest BCUT2D eigenvalue weighted by Gasteiger charge is -2.52. The van der Waals surface area contributed by atoms with E-state index in [1.165, 1.54) is 50.5 Å². The molecular weight excluding hydrogens is 234 g/mol. The molecule has 1 aromatic rings. The molecule has 0 heterocycles. The second-order valence-corrected chi connectivity index (χ2v) is 6.21. The first-order chi connectivity index (χ1) is 9.34. The molecule has 1 unspecified atom stereocenters. The highest BCUT2D eigenvalue weighted by Gasteiger charge is 2.46. The SMILES string of the molecule is COc1ccccc1CNC1CCC12CCCCC2. The average Bonchev–Trinajstić information content (AvgIpc) is 2.47. The molecule has 2 fully saturated rings. The van der Waals surface area contributed by atoms with Crippen LogP contribution in [0.4, 0.5) is 0 Å². The molecule has 0 bridgehead atoms. The Morgan fingerprint density at radius 3 is 2.63 bits per heavy atom. The van der Waals surface area contributed by atoms with Crippen molar-refractivity contribution in [3.05, 3.63) is 29.8 Å². The lowest BCUT2D eigenvalue weighted by molar-refractivity contribution is 0.0220. The maximum absolute atomic E-state index is 5.43. The molecule has 0 radical (unpaired) electrons. The molecule has 2 aliphatic rings. The number of methoxy groups -OCH3 is 1. The second-order valence-electron chi connectivity index (χ2n) is 6.21. The molecule has 2 saturated carbocycles. The number of benzene rings is 1. The molecule has 0 saturated heterocycles. The third-order valence-corrected chi connectivity index (χ3v) is 5.25. The number of hydrogen-bond acceptors (Lipinski definition) is 2. The molecular formula is C17H25NO. The van der Waals surface area contributed by atoms with Crippen LogP contribution < -0.4 is 10.1 Å². The predicted octanol–water partition coefficient (Wildman–Crippen LogP) is 3.90. The van der Waals surface area contributed by atoms with Gasteiger partial charge in [0, 0.05) is 18.2 Å². The van der Waals surface area contributed by atoms with Crippen LogP contribution in [0.5, 0.6) is 5.75 Å². The molecule has 1 N–H and O–H groups in total. The Balaban J connectivity index is 1.60. The van der Waals surface area contributed by atoms with Crippen molar-refractivity contribution in [3.63, 3.8) is 0 Å². The molecule has 2 nitrogen and oxygen atoms in total. The largest absolute Gasteiger partial charge is 0.496 e. The van der Waals surface area contributed by atoms with Gasteiger partial charge in [-0.05, 0) is 37.2 Å². The van der Waals surface area contributed by atoms with E-state index in [1.807, 2.05) is 12.1 Å². The van der Waals surface area contributed by atoms with Crippen molar-refractivity contribution < 1.29 is 4.74 Å². The van der Waals surface area contributed by atoms with Crippen LogP contribution >= 0.6 is 0 Å². The molecule has 104 valence electrons. The van der Waals surface area contributed by atoms with Crippen LogP contribution in [0.25, 0.3) is 0 Å². The van der Waals surface area contributed by atoms with Gasteiger partial charge >= 0.3 is 0 Å². The predicted molar refractivity (Wildman–Crippen MR) is 78.4 cm³/mol. The summed E-state index contributed by atoms with van der Waals surface area (Å²) in [5.41, 5.74) is 1.92. The maximum Gasteiger partial charge on any atom is 0.123 e. The minimum atomic E-state index is 0.639. The van der Waals surface area contributed by atoms with Gasteiger partial charge in [0.15, 0.2) is 0 Å². The van der Waals surface area contributed by atoms with Crippen LogP contribution in [0, 0.1) is 5.41 Å². The lowest BCUT2D eigenvalue weighted by atomic mass is 9.57. The summed E-state index contributed by atoms with van der Waals surface area (Å²) in [6, 6.07) is 9.08. The molecule has 1 spiro atoms. The Morgan fingerprint density at radius 2 is 1.95 bits per heavy atom. The number of nitrogens with one attached hydrogen (secondary N) is 1. The Kier molecular flexibility index (Phi) is 3.79. The fraction of sp³-hybridized carbons (Fsp3) is 0.647. The van der Waals surface area contributed by atoms with Crippen molar-refractivity contribution in [3.8, 4) is 5.75 Å². The van der Waals surface area contributed by atoms with E-state index in [-0.39, 0.29) is 0 Å². The van der Waals surface area contributed by atoms with Crippen LogP contribution in [0.3, 0.4) is 0 Å². The number of rotatable bonds is 4. The van der Waals surface area contributed by atoms with Gasteiger partial charge in [0.25, 0.3) is 0 Å². The van der Waals surface area contributed by atoms with Gasteiger partial charge in [0.1, 0.15) is 5.75 Å². The summed E-state index contributed by atoms with van der Waals surface area (Å²) >= 11 is 0. The first-order valence-corrected chi connectivity index (χ1v) is 7.69. The smallest absolute Gasteiger partial charge is 0.123 e. The first kappa shape index (κ1) is 13.0. The molecule has 3 rings (SSSR count). The van der Waals surface area contributed by atoms with Crippen molar-refractivity contribution in [1.29, 1.82) is 0 Å². The summed E-state index contributed by atoms with van der Waals surface area (Å²) in [5, 5.41) is 3.79. The fourth-order valence-corrected chi connectivity index (χ4v) is 3.95. The van der Waals surface area contributed by atoms with Crippen molar-refractivity contribution in [2.24, 2.45) is 5.41 Å². The zero-order valence-electron chi connectivity index (χ0n) is 12.0. The van der Waals surface area contributed by atoms with Gasteiger partial charge in [-0.25, -0.2) is 0 Å². The lowest BCUT2D eigenvalue weighted by Crippen LogP contribution is -2.53. The van der Waals surface area contributed by atoms with Gasteiger partial charge in [0.2, 0.25) is 0 Å². The number of para-hydroxylation sites is 1. The van der Waals surface area contributed by atoms with E-state index in [2.05, 4.69) is 17.4 Å². The van der Waals surface area contributed by atoms with Gasteiger partial charge in [0.05, 0.1) is 7.11 Å². The van der Waals surface area contributed by atoms with Crippen molar-refractivity contribution in [2.75, 3.05) is 7.11 Å². The van der Waals surface area contributed by atoms with E-state index in [1.54, 1.807) is 7.11 Å². The van der Waals surface area contributed by atoms with Crippen molar-refractivity contribution in [1.82, 2.24) is 5.32 Å². The van der Waals surface area contributed by atoms with Crippen LogP contribution in [0.2, 0.25) is 0 Å². The van der Waals surface area contributed by atoms with E-state index < -0.39 is 0 Å². The molecule has 2 heteroatoms. The van der Waals surface area contributed by atoms with Crippen molar-refractivity contribution >= 4 is 0 Å². The molecule has 19 heavy (non-hydrogen) atoms. The minimum Gasteiger partial charge on any atom is -0.496 e. The van der Waals surface area contributed by atoms with Gasteiger partial charge in [-0.1, -0.05) is 37.5 Å². The van der Waals surface area contributed by atoms with E-state index in [0.29, 0.717) is 5.41 Å². The minimum absolute atomic E-state index is 0.639. The van der Waals surface area contributed by atoms with E-state index in [0.717, 1.165) is 18.3 Å². The van der Waals surface area contributed by atoms with E-state index in [4.69, 9.17) is 4.74 Å². The standard InChI is InChI=1S/C17H25NO/c1-19-15-8-4-3-7-14(15)13-18-16-9-12-17(16)10-5-2-6-11-17/h3-4,7-8,16,18H,2,5-6,9-13H2,1H3. The summed E-state index contributed by atoms with van der Waals surface area (Å²) in [4.78, 5) is 0. The van der Waals surface area contributed by atoms with Gasteiger partial charge in [-0.3, -0.25) is 0 Å². The molecule has 2 aliphatic carbocycles. The zero-order chi connectivity index (χ0) is 13.1. The topological polar surface area (TPSA) is 21.3 Å². The van der Waals surface area contributed by atoms with Crippen molar-refractivity contribution in [2.45, 2.75) is 57.5 Å². The number of ether oxygens (including phenoxy) is 1. The van der Waals surface area contributed by atoms with Crippen LogP contribution in [-0.2, 0) is 6.54 Å². The highest BCUT2D eigenvalue weighted by atomic mass is 16.5.